The zero-order valence-electron chi connectivity index (χ0n) is 9.68. The van der Waals surface area contributed by atoms with Gasteiger partial charge in [-0.25, -0.2) is 4.39 Å². The number of thiocarbonyl (C=S) groups is 1. The molecule has 1 aromatic rings. The topological polar surface area (TPSA) is 59.2 Å². The lowest BCUT2D eigenvalue weighted by molar-refractivity contribution is 0.0782. The van der Waals surface area contributed by atoms with Crippen molar-refractivity contribution in [2.24, 2.45) is 11.7 Å². The van der Waals surface area contributed by atoms with E-state index in [0.29, 0.717) is 11.5 Å². The molecule has 0 saturated carbocycles. The SMILES string of the molecule is CC(CN(C)C(=O)c1ccncc1F)C(N)=S. The summed E-state index contributed by atoms with van der Waals surface area (Å²) in [6.45, 7) is 2.17. The van der Waals surface area contributed by atoms with E-state index < -0.39 is 11.7 Å². The predicted molar refractivity (Wildman–Crippen MR) is 67.1 cm³/mol. The van der Waals surface area contributed by atoms with Crippen LogP contribution in [0.15, 0.2) is 18.5 Å². The second-order valence-corrected chi connectivity index (χ2v) is 4.32. The number of pyridine rings is 1. The van der Waals surface area contributed by atoms with Crippen molar-refractivity contribution in [3.63, 3.8) is 0 Å². The number of carbonyl (C=O) groups excluding carboxylic acids is 1. The molecule has 1 unspecified atom stereocenters. The van der Waals surface area contributed by atoms with Crippen molar-refractivity contribution in [2.75, 3.05) is 13.6 Å². The number of carbonyl (C=O) groups is 1. The Kier molecular flexibility index (Phi) is 4.51. The third kappa shape index (κ3) is 3.45. The minimum absolute atomic E-state index is 0.00219. The fourth-order valence-corrected chi connectivity index (χ4v) is 1.41. The van der Waals surface area contributed by atoms with Crippen LogP contribution in [0.1, 0.15) is 17.3 Å². The van der Waals surface area contributed by atoms with E-state index >= 15 is 0 Å². The van der Waals surface area contributed by atoms with Gasteiger partial charge in [0, 0.05) is 25.7 Å². The van der Waals surface area contributed by atoms with Crippen molar-refractivity contribution >= 4 is 23.1 Å². The highest BCUT2D eigenvalue weighted by molar-refractivity contribution is 7.80. The van der Waals surface area contributed by atoms with Gasteiger partial charge in [-0.3, -0.25) is 9.78 Å². The molecule has 0 aromatic carbocycles. The fraction of sp³-hybridized carbons (Fsp3) is 0.364. The van der Waals surface area contributed by atoms with Gasteiger partial charge in [-0.05, 0) is 6.07 Å². The lowest BCUT2D eigenvalue weighted by Crippen LogP contribution is -2.35. The van der Waals surface area contributed by atoms with E-state index in [1.807, 2.05) is 6.92 Å². The maximum atomic E-state index is 13.3. The van der Waals surface area contributed by atoms with Gasteiger partial charge in [0.15, 0.2) is 5.82 Å². The van der Waals surface area contributed by atoms with E-state index in [1.54, 1.807) is 7.05 Å². The molecule has 0 bridgehead atoms. The van der Waals surface area contributed by atoms with Crippen LogP contribution in [0.4, 0.5) is 4.39 Å². The second-order valence-electron chi connectivity index (χ2n) is 3.84. The minimum Gasteiger partial charge on any atom is -0.393 e. The molecule has 0 radical (unpaired) electrons. The Hall–Kier alpha value is -1.56. The number of amides is 1. The van der Waals surface area contributed by atoms with Gasteiger partial charge in [0.05, 0.1) is 16.7 Å². The van der Waals surface area contributed by atoms with Crippen molar-refractivity contribution in [3.8, 4) is 0 Å². The number of hydrogen-bond donors (Lipinski definition) is 1. The molecule has 0 aliphatic rings. The molecule has 1 heterocycles. The van der Waals surface area contributed by atoms with Crippen LogP contribution in [0.3, 0.4) is 0 Å². The minimum atomic E-state index is -0.632. The highest BCUT2D eigenvalue weighted by atomic mass is 32.1. The van der Waals surface area contributed by atoms with Crippen LogP contribution in [-0.4, -0.2) is 34.4 Å². The standard InChI is InChI=1S/C11H14FN3OS/c1-7(10(13)17)6-15(2)11(16)8-3-4-14-5-9(8)12/h3-5,7H,6H2,1-2H3,(H2,13,17). The van der Waals surface area contributed by atoms with Crippen LogP contribution in [0.25, 0.3) is 0 Å². The van der Waals surface area contributed by atoms with Crippen LogP contribution >= 0.6 is 12.2 Å². The highest BCUT2D eigenvalue weighted by Gasteiger charge is 2.18. The number of halogens is 1. The van der Waals surface area contributed by atoms with Gasteiger partial charge in [-0.2, -0.15) is 0 Å². The molecule has 1 amide bonds. The maximum absolute atomic E-state index is 13.3. The first kappa shape index (κ1) is 13.5. The average Bonchev–Trinajstić information content (AvgIpc) is 2.28. The maximum Gasteiger partial charge on any atom is 0.256 e. The van der Waals surface area contributed by atoms with Crippen molar-refractivity contribution < 1.29 is 9.18 Å². The molecule has 6 heteroatoms. The highest BCUT2D eigenvalue weighted by Crippen LogP contribution is 2.09. The Labute approximate surface area is 105 Å². The van der Waals surface area contributed by atoms with Gasteiger partial charge >= 0.3 is 0 Å². The summed E-state index contributed by atoms with van der Waals surface area (Å²) in [4.78, 5) is 17.2. The zero-order chi connectivity index (χ0) is 13.0. The van der Waals surface area contributed by atoms with E-state index in [-0.39, 0.29) is 11.5 Å². The lowest BCUT2D eigenvalue weighted by Gasteiger charge is -2.21. The normalized spacial score (nSPS) is 11.9. The van der Waals surface area contributed by atoms with E-state index in [9.17, 15) is 9.18 Å². The number of nitrogens with zero attached hydrogens (tertiary/aromatic N) is 2. The molecule has 17 heavy (non-hydrogen) atoms. The number of aromatic nitrogens is 1. The summed E-state index contributed by atoms with van der Waals surface area (Å²) in [6, 6.07) is 1.35. The summed E-state index contributed by atoms with van der Waals surface area (Å²) in [5, 5.41) is 0. The van der Waals surface area contributed by atoms with E-state index in [1.165, 1.54) is 17.2 Å². The van der Waals surface area contributed by atoms with Crippen molar-refractivity contribution in [1.29, 1.82) is 0 Å². The van der Waals surface area contributed by atoms with Crippen molar-refractivity contribution in [2.45, 2.75) is 6.92 Å². The van der Waals surface area contributed by atoms with Crippen molar-refractivity contribution in [3.05, 3.63) is 29.8 Å². The molecule has 0 fully saturated rings. The molecule has 1 atom stereocenters. The van der Waals surface area contributed by atoms with Crippen LogP contribution in [0.2, 0.25) is 0 Å². The molecule has 2 N–H and O–H groups in total. The Morgan fingerprint density at radius 3 is 2.88 bits per heavy atom. The van der Waals surface area contributed by atoms with E-state index in [4.69, 9.17) is 18.0 Å². The summed E-state index contributed by atoms with van der Waals surface area (Å²) in [7, 11) is 1.58. The molecule has 1 aromatic heterocycles. The molecule has 4 nitrogen and oxygen atoms in total. The Bertz CT molecular complexity index is 438. The first-order valence-corrected chi connectivity index (χ1v) is 5.48. The molecule has 92 valence electrons. The van der Waals surface area contributed by atoms with Crippen LogP contribution in [0, 0.1) is 11.7 Å². The first-order valence-electron chi connectivity index (χ1n) is 5.07. The smallest absolute Gasteiger partial charge is 0.256 e. The van der Waals surface area contributed by atoms with E-state index in [0.717, 1.165) is 6.20 Å². The van der Waals surface area contributed by atoms with E-state index in [2.05, 4.69) is 4.98 Å². The summed E-state index contributed by atoms with van der Waals surface area (Å²) in [6.07, 6.45) is 2.39. The summed E-state index contributed by atoms with van der Waals surface area (Å²) in [5.41, 5.74) is 5.46. The third-order valence-electron chi connectivity index (χ3n) is 2.38. The summed E-state index contributed by atoms with van der Waals surface area (Å²) < 4.78 is 13.3. The predicted octanol–water partition coefficient (Wildman–Crippen LogP) is 1.21. The fourth-order valence-electron chi connectivity index (χ4n) is 1.34. The van der Waals surface area contributed by atoms with Gasteiger partial charge < -0.3 is 10.6 Å². The van der Waals surface area contributed by atoms with Gasteiger partial charge in [0.1, 0.15) is 0 Å². The number of hydrogen-bond acceptors (Lipinski definition) is 3. The van der Waals surface area contributed by atoms with Gasteiger partial charge in [-0.1, -0.05) is 19.1 Å². The monoisotopic (exact) mass is 255 g/mol. The van der Waals surface area contributed by atoms with Crippen molar-refractivity contribution in [1.82, 2.24) is 9.88 Å². The quantitative estimate of drug-likeness (QED) is 0.822. The van der Waals surface area contributed by atoms with Crippen LogP contribution in [-0.2, 0) is 0 Å². The van der Waals surface area contributed by atoms with Gasteiger partial charge in [0.2, 0.25) is 0 Å². The Morgan fingerprint density at radius 2 is 2.35 bits per heavy atom. The molecular weight excluding hydrogens is 241 g/mol. The first-order chi connectivity index (χ1) is 7.93. The van der Waals surface area contributed by atoms with Gasteiger partial charge in [0.25, 0.3) is 5.91 Å². The Balaban J connectivity index is 2.77. The lowest BCUT2D eigenvalue weighted by atomic mass is 10.1. The molecule has 1 rings (SSSR count). The largest absolute Gasteiger partial charge is 0.393 e. The molecular formula is C11H14FN3OS. The third-order valence-corrected chi connectivity index (χ3v) is 2.79. The number of rotatable bonds is 4. The second kappa shape index (κ2) is 5.67. The van der Waals surface area contributed by atoms with Crippen LogP contribution < -0.4 is 5.73 Å². The van der Waals surface area contributed by atoms with Crippen LogP contribution in [0.5, 0.6) is 0 Å². The molecule has 0 spiro atoms. The average molecular weight is 255 g/mol. The summed E-state index contributed by atoms with van der Waals surface area (Å²) in [5.74, 6) is -1.15. The molecule has 0 saturated heterocycles. The zero-order valence-corrected chi connectivity index (χ0v) is 10.5. The molecule has 0 aliphatic carbocycles. The number of nitrogens with two attached hydrogens (primary N) is 1. The summed E-state index contributed by atoms with van der Waals surface area (Å²) >= 11 is 4.82. The Morgan fingerprint density at radius 1 is 1.71 bits per heavy atom. The van der Waals surface area contributed by atoms with Gasteiger partial charge in [-0.15, -0.1) is 0 Å². The molecule has 0 aliphatic heterocycles.